The number of carbonyl (C=O) groups is 1. The maximum atomic E-state index is 12.2. The summed E-state index contributed by atoms with van der Waals surface area (Å²) in [5.74, 6) is 0.837. The molecule has 144 valence electrons. The van der Waals surface area contributed by atoms with E-state index in [-0.39, 0.29) is 29.5 Å². The molecule has 1 amide bonds. The molecule has 0 saturated heterocycles. The van der Waals surface area contributed by atoms with Crippen LogP contribution < -0.4 is 10.0 Å². The zero-order valence-electron chi connectivity index (χ0n) is 15.7. The third-order valence-corrected chi connectivity index (χ3v) is 5.62. The number of carbonyl (C=O) groups excluding carboxylic acids is 1. The molecule has 0 aliphatic rings. The number of aryl methyl sites for hydroxylation is 2. The van der Waals surface area contributed by atoms with Gasteiger partial charge in [0.1, 0.15) is 10.6 Å². The van der Waals surface area contributed by atoms with Crippen LogP contribution in [0.1, 0.15) is 63.8 Å². The molecule has 0 aliphatic carbocycles. The minimum atomic E-state index is -3.70. The number of nitrogens with one attached hydrogen (secondary N) is 2. The molecular formula is C17H31N3O4S. The van der Waals surface area contributed by atoms with E-state index < -0.39 is 10.0 Å². The van der Waals surface area contributed by atoms with Gasteiger partial charge in [0.2, 0.25) is 15.9 Å². The fourth-order valence-electron chi connectivity index (χ4n) is 2.58. The largest absolute Gasteiger partial charge is 0.360 e. The van der Waals surface area contributed by atoms with Crippen molar-refractivity contribution in [3.05, 3.63) is 11.5 Å². The lowest BCUT2D eigenvalue weighted by Crippen LogP contribution is -2.31. The van der Waals surface area contributed by atoms with Gasteiger partial charge in [-0.1, -0.05) is 44.7 Å². The zero-order chi connectivity index (χ0) is 18.9. The molecule has 0 unspecified atom stereocenters. The predicted molar refractivity (Wildman–Crippen MR) is 96.7 cm³/mol. The normalized spacial score (nSPS) is 11.9. The number of aromatic nitrogens is 1. The number of nitrogens with zero attached hydrogens (tertiary/aromatic N) is 1. The quantitative estimate of drug-likeness (QED) is 0.549. The van der Waals surface area contributed by atoms with Crippen molar-refractivity contribution >= 4 is 15.9 Å². The van der Waals surface area contributed by atoms with E-state index in [1.165, 1.54) is 19.3 Å². The van der Waals surface area contributed by atoms with Gasteiger partial charge >= 0.3 is 0 Å². The van der Waals surface area contributed by atoms with Gasteiger partial charge in [0, 0.05) is 19.5 Å². The Kier molecular flexibility index (Phi) is 9.13. The van der Waals surface area contributed by atoms with Crippen LogP contribution in [0, 0.1) is 19.8 Å². The molecule has 1 heterocycles. The fourth-order valence-corrected chi connectivity index (χ4v) is 3.93. The first kappa shape index (κ1) is 21.6. The van der Waals surface area contributed by atoms with E-state index in [9.17, 15) is 13.2 Å². The van der Waals surface area contributed by atoms with Gasteiger partial charge in [-0.15, -0.1) is 0 Å². The first-order valence-electron chi connectivity index (χ1n) is 8.93. The molecule has 1 aromatic rings. The Morgan fingerprint density at radius 1 is 1.12 bits per heavy atom. The molecule has 1 aromatic heterocycles. The molecule has 0 spiro atoms. The highest BCUT2D eigenvalue weighted by atomic mass is 32.2. The highest BCUT2D eigenvalue weighted by molar-refractivity contribution is 7.89. The molecule has 0 aliphatic heterocycles. The second-order valence-electron chi connectivity index (χ2n) is 6.75. The number of hydrogen-bond donors (Lipinski definition) is 2. The smallest absolute Gasteiger partial charge is 0.245 e. The molecule has 8 heteroatoms. The van der Waals surface area contributed by atoms with Crippen molar-refractivity contribution in [2.75, 3.05) is 13.1 Å². The first-order chi connectivity index (χ1) is 11.7. The second-order valence-corrected chi connectivity index (χ2v) is 8.45. The second kappa shape index (κ2) is 10.6. The lowest BCUT2D eigenvalue weighted by molar-refractivity contribution is -0.120. The van der Waals surface area contributed by atoms with Crippen molar-refractivity contribution in [3.63, 3.8) is 0 Å². The number of sulfonamides is 1. The van der Waals surface area contributed by atoms with Crippen molar-refractivity contribution < 1.29 is 17.7 Å². The van der Waals surface area contributed by atoms with Crippen LogP contribution in [-0.4, -0.2) is 32.6 Å². The topological polar surface area (TPSA) is 101 Å². The third-order valence-electron chi connectivity index (χ3n) is 3.91. The molecular weight excluding hydrogens is 342 g/mol. The van der Waals surface area contributed by atoms with Crippen LogP contribution in [0.2, 0.25) is 0 Å². The minimum absolute atomic E-state index is 0.0482. The van der Waals surface area contributed by atoms with Gasteiger partial charge in [-0.2, -0.15) is 0 Å². The summed E-state index contributed by atoms with van der Waals surface area (Å²) >= 11 is 0. The van der Waals surface area contributed by atoms with Crippen molar-refractivity contribution in [2.45, 2.75) is 71.1 Å². The molecule has 0 saturated carbocycles. The molecule has 0 fully saturated rings. The van der Waals surface area contributed by atoms with Gasteiger partial charge < -0.3 is 9.84 Å². The van der Waals surface area contributed by atoms with Crippen LogP contribution >= 0.6 is 0 Å². The number of rotatable bonds is 12. The Morgan fingerprint density at radius 2 is 1.80 bits per heavy atom. The summed E-state index contributed by atoms with van der Waals surface area (Å²) in [6.07, 6.45) is 5.83. The molecule has 0 atom stereocenters. The van der Waals surface area contributed by atoms with Crippen molar-refractivity contribution in [3.8, 4) is 0 Å². The van der Waals surface area contributed by atoms with Gasteiger partial charge in [-0.3, -0.25) is 4.79 Å². The summed E-state index contributed by atoms with van der Waals surface area (Å²) < 4.78 is 31.6. The van der Waals surface area contributed by atoms with Crippen molar-refractivity contribution in [1.29, 1.82) is 0 Å². The maximum Gasteiger partial charge on any atom is 0.245 e. The lowest BCUT2D eigenvalue weighted by Gasteiger charge is -2.08. The highest BCUT2D eigenvalue weighted by Gasteiger charge is 2.23. The Hall–Kier alpha value is -1.41. The van der Waals surface area contributed by atoms with Gasteiger partial charge in [-0.25, -0.2) is 13.1 Å². The summed E-state index contributed by atoms with van der Waals surface area (Å²) in [7, 11) is -3.70. The van der Waals surface area contributed by atoms with E-state index in [2.05, 4.69) is 29.0 Å². The van der Waals surface area contributed by atoms with E-state index in [0.717, 1.165) is 18.8 Å². The lowest BCUT2D eigenvalue weighted by atomic mass is 10.0. The number of unbranched alkanes of at least 4 members (excludes halogenated alkanes) is 3. The Bertz CT molecular complexity index is 619. The van der Waals surface area contributed by atoms with Crippen LogP contribution in [0.5, 0.6) is 0 Å². The van der Waals surface area contributed by atoms with Crippen LogP contribution in [-0.2, 0) is 14.8 Å². The maximum absolute atomic E-state index is 12.2. The summed E-state index contributed by atoms with van der Waals surface area (Å²) in [4.78, 5) is 11.8. The van der Waals surface area contributed by atoms with E-state index in [1.54, 1.807) is 13.8 Å². The number of hydrogen-bond acceptors (Lipinski definition) is 5. The Morgan fingerprint density at radius 3 is 2.40 bits per heavy atom. The standard InChI is InChI=1S/C17H31N3O4S/c1-13(2)9-7-5-6-8-11-18-16(21)10-12-19-25(22,23)17-14(3)20-24-15(17)4/h13,19H,5-12H2,1-4H3,(H,18,21). The van der Waals surface area contributed by atoms with Gasteiger partial charge in [0.05, 0.1) is 0 Å². The molecule has 2 N–H and O–H groups in total. The summed E-state index contributed by atoms with van der Waals surface area (Å²) in [5, 5.41) is 6.45. The van der Waals surface area contributed by atoms with Gasteiger partial charge in [0.25, 0.3) is 0 Å². The van der Waals surface area contributed by atoms with Crippen LogP contribution in [0.3, 0.4) is 0 Å². The van der Waals surface area contributed by atoms with E-state index in [4.69, 9.17) is 4.52 Å². The van der Waals surface area contributed by atoms with Crippen molar-refractivity contribution in [2.24, 2.45) is 5.92 Å². The van der Waals surface area contributed by atoms with Gasteiger partial charge in [0.15, 0.2) is 5.76 Å². The molecule has 1 rings (SSSR count). The first-order valence-corrected chi connectivity index (χ1v) is 10.4. The average Bonchev–Trinajstić information content (AvgIpc) is 2.85. The molecule has 0 radical (unpaired) electrons. The Labute approximate surface area is 151 Å². The van der Waals surface area contributed by atoms with Crippen LogP contribution in [0.15, 0.2) is 9.42 Å². The third kappa shape index (κ3) is 8.00. The number of amides is 1. The van der Waals surface area contributed by atoms with Crippen LogP contribution in [0.25, 0.3) is 0 Å². The Balaban J connectivity index is 2.18. The van der Waals surface area contributed by atoms with E-state index in [0.29, 0.717) is 12.2 Å². The van der Waals surface area contributed by atoms with E-state index >= 15 is 0 Å². The average molecular weight is 374 g/mol. The molecule has 0 aromatic carbocycles. The SMILES string of the molecule is Cc1noc(C)c1S(=O)(=O)NCCC(=O)NCCCCCCC(C)C. The van der Waals surface area contributed by atoms with E-state index in [1.807, 2.05) is 0 Å². The van der Waals surface area contributed by atoms with Crippen molar-refractivity contribution in [1.82, 2.24) is 15.2 Å². The fraction of sp³-hybridized carbons (Fsp3) is 0.765. The minimum Gasteiger partial charge on any atom is -0.360 e. The summed E-state index contributed by atoms with van der Waals surface area (Å²) in [6, 6.07) is 0. The van der Waals surface area contributed by atoms with Gasteiger partial charge in [-0.05, 0) is 26.2 Å². The molecule has 7 nitrogen and oxygen atoms in total. The van der Waals surface area contributed by atoms with Crippen LogP contribution in [0.4, 0.5) is 0 Å². The molecule has 0 bridgehead atoms. The summed E-state index contributed by atoms with van der Waals surface area (Å²) in [5.41, 5.74) is 0.312. The zero-order valence-corrected chi connectivity index (χ0v) is 16.5. The summed E-state index contributed by atoms with van der Waals surface area (Å²) in [6.45, 7) is 8.24. The predicted octanol–water partition coefficient (Wildman–Crippen LogP) is 2.68. The monoisotopic (exact) mass is 373 g/mol. The molecule has 25 heavy (non-hydrogen) atoms. The highest BCUT2D eigenvalue weighted by Crippen LogP contribution is 2.18.